The molecule has 0 spiro atoms. The quantitative estimate of drug-likeness (QED) is 0.857. The van der Waals surface area contributed by atoms with Crippen LogP contribution in [0.25, 0.3) is 10.8 Å². The monoisotopic (exact) mass is 232 g/mol. The highest BCUT2D eigenvalue weighted by Crippen LogP contribution is 2.26. The number of aliphatic hydroxyl groups is 1. The van der Waals surface area contributed by atoms with Gasteiger partial charge in [-0.05, 0) is 54.7 Å². The highest BCUT2D eigenvalue weighted by Gasteiger charge is 2.10. The molecule has 17 heavy (non-hydrogen) atoms. The Labute approximate surface area is 101 Å². The van der Waals surface area contributed by atoms with E-state index >= 15 is 0 Å². The van der Waals surface area contributed by atoms with Gasteiger partial charge in [0.25, 0.3) is 0 Å². The predicted molar refractivity (Wildman–Crippen MR) is 68.6 cm³/mol. The van der Waals surface area contributed by atoms with Gasteiger partial charge in [0.05, 0.1) is 6.10 Å². The molecule has 2 heteroatoms. The van der Waals surface area contributed by atoms with Crippen molar-refractivity contribution < 1.29 is 9.50 Å². The van der Waals surface area contributed by atoms with Gasteiger partial charge in [-0.1, -0.05) is 24.3 Å². The van der Waals surface area contributed by atoms with E-state index in [1.807, 2.05) is 24.3 Å². The van der Waals surface area contributed by atoms with Crippen LogP contribution in [0.15, 0.2) is 30.3 Å². The van der Waals surface area contributed by atoms with E-state index in [1.165, 1.54) is 0 Å². The summed E-state index contributed by atoms with van der Waals surface area (Å²) in [6, 6.07) is 9.39. The molecule has 90 valence electrons. The van der Waals surface area contributed by atoms with Crippen LogP contribution in [-0.4, -0.2) is 11.2 Å². The molecule has 0 heterocycles. The standard InChI is InChI=1S/C15H17FO/c1-10(17)7-8-13-11(2)15(16)9-12-5-3-4-6-14(12)13/h3-6,9-10,17H,7-8H2,1-2H3. The first-order valence-corrected chi connectivity index (χ1v) is 5.94. The number of fused-ring (bicyclic) bond motifs is 1. The number of hydrogen-bond donors (Lipinski definition) is 1. The lowest BCUT2D eigenvalue weighted by Crippen LogP contribution is -2.04. The molecule has 0 saturated carbocycles. The molecule has 0 aliphatic rings. The zero-order chi connectivity index (χ0) is 12.4. The lowest BCUT2D eigenvalue weighted by molar-refractivity contribution is 0.185. The fourth-order valence-corrected chi connectivity index (χ4v) is 2.16. The summed E-state index contributed by atoms with van der Waals surface area (Å²) in [4.78, 5) is 0. The number of rotatable bonds is 3. The van der Waals surface area contributed by atoms with E-state index in [2.05, 4.69) is 0 Å². The van der Waals surface area contributed by atoms with Crippen molar-refractivity contribution in [1.29, 1.82) is 0 Å². The van der Waals surface area contributed by atoms with Crippen molar-refractivity contribution in [3.05, 3.63) is 47.3 Å². The number of aryl methyl sites for hydroxylation is 1. The van der Waals surface area contributed by atoms with Crippen LogP contribution >= 0.6 is 0 Å². The van der Waals surface area contributed by atoms with Gasteiger partial charge < -0.3 is 5.11 Å². The van der Waals surface area contributed by atoms with E-state index in [0.717, 1.165) is 16.3 Å². The normalized spacial score (nSPS) is 12.9. The summed E-state index contributed by atoms with van der Waals surface area (Å²) in [5, 5.41) is 11.4. The molecule has 0 radical (unpaired) electrons. The van der Waals surface area contributed by atoms with Crippen LogP contribution in [0.5, 0.6) is 0 Å². The lowest BCUT2D eigenvalue weighted by Gasteiger charge is -2.12. The van der Waals surface area contributed by atoms with Crippen molar-refractivity contribution in [2.24, 2.45) is 0 Å². The number of benzene rings is 2. The van der Waals surface area contributed by atoms with Gasteiger partial charge in [-0.2, -0.15) is 0 Å². The average molecular weight is 232 g/mol. The van der Waals surface area contributed by atoms with Crippen LogP contribution in [0, 0.1) is 12.7 Å². The third-order valence-electron chi connectivity index (χ3n) is 3.19. The molecule has 1 N–H and O–H groups in total. The second kappa shape index (κ2) is 4.84. The van der Waals surface area contributed by atoms with E-state index < -0.39 is 0 Å². The highest BCUT2D eigenvalue weighted by molar-refractivity contribution is 5.86. The molecule has 0 aliphatic carbocycles. The summed E-state index contributed by atoms with van der Waals surface area (Å²) in [6.07, 6.45) is 1.02. The first-order valence-electron chi connectivity index (χ1n) is 5.94. The molecule has 2 aromatic rings. The van der Waals surface area contributed by atoms with Crippen molar-refractivity contribution in [2.45, 2.75) is 32.8 Å². The largest absolute Gasteiger partial charge is 0.393 e. The summed E-state index contributed by atoms with van der Waals surface area (Å²) >= 11 is 0. The van der Waals surface area contributed by atoms with Crippen LogP contribution in [0.2, 0.25) is 0 Å². The summed E-state index contributed by atoms with van der Waals surface area (Å²) in [7, 11) is 0. The second-order valence-corrected chi connectivity index (χ2v) is 4.57. The van der Waals surface area contributed by atoms with Gasteiger partial charge in [0, 0.05) is 0 Å². The topological polar surface area (TPSA) is 20.2 Å². The van der Waals surface area contributed by atoms with E-state index in [0.29, 0.717) is 18.4 Å². The van der Waals surface area contributed by atoms with E-state index in [1.54, 1.807) is 19.9 Å². The van der Waals surface area contributed by atoms with Gasteiger partial charge in [-0.25, -0.2) is 4.39 Å². The molecule has 0 amide bonds. The molecule has 1 unspecified atom stereocenters. The van der Waals surface area contributed by atoms with Crippen molar-refractivity contribution in [1.82, 2.24) is 0 Å². The number of aliphatic hydroxyl groups excluding tert-OH is 1. The van der Waals surface area contributed by atoms with Crippen molar-refractivity contribution in [3.8, 4) is 0 Å². The Hall–Kier alpha value is -1.41. The minimum absolute atomic E-state index is 0.163. The summed E-state index contributed by atoms with van der Waals surface area (Å²) in [6.45, 7) is 3.57. The van der Waals surface area contributed by atoms with Crippen molar-refractivity contribution in [2.75, 3.05) is 0 Å². The van der Waals surface area contributed by atoms with Crippen molar-refractivity contribution in [3.63, 3.8) is 0 Å². The summed E-state index contributed by atoms with van der Waals surface area (Å²) < 4.78 is 13.8. The maximum absolute atomic E-state index is 13.8. The third-order valence-corrected chi connectivity index (χ3v) is 3.19. The van der Waals surface area contributed by atoms with E-state index in [9.17, 15) is 9.50 Å². The van der Waals surface area contributed by atoms with Gasteiger partial charge >= 0.3 is 0 Å². The Kier molecular flexibility index (Phi) is 3.43. The third kappa shape index (κ3) is 2.47. The molecule has 1 atom stereocenters. The maximum Gasteiger partial charge on any atom is 0.127 e. The molecule has 0 aromatic heterocycles. The van der Waals surface area contributed by atoms with Gasteiger partial charge in [0.1, 0.15) is 5.82 Å². The number of hydrogen-bond acceptors (Lipinski definition) is 1. The van der Waals surface area contributed by atoms with E-state index in [4.69, 9.17) is 0 Å². The first-order chi connectivity index (χ1) is 8.09. The van der Waals surface area contributed by atoms with Crippen LogP contribution in [0.3, 0.4) is 0 Å². The maximum atomic E-state index is 13.8. The predicted octanol–water partition coefficient (Wildman–Crippen LogP) is 3.60. The van der Waals surface area contributed by atoms with Gasteiger partial charge in [0.15, 0.2) is 0 Å². The van der Waals surface area contributed by atoms with E-state index in [-0.39, 0.29) is 11.9 Å². The SMILES string of the molecule is Cc1c(F)cc2ccccc2c1CCC(C)O. The first kappa shape index (κ1) is 12.1. The molecule has 1 nitrogen and oxygen atoms in total. The van der Waals surface area contributed by atoms with Gasteiger partial charge in [-0.3, -0.25) is 0 Å². The van der Waals surface area contributed by atoms with Crippen molar-refractivity contribution >= 4 is 10.8 Å². The van der Waals surface area contributed by atoms with Gasteiger partial charge in [-0.15, -0.1) is 0 Å². The zero-order valence-corrected chi connectivity index (χ0v) is 10.2. The Bertz CT molecular complexity index is 532. The van der Waals surface area contributed by atoms with Crippen LogP contribution in [-0.2, 0) is 6.42 Å². The molecule has 0 saturated heterocycles. The lowest BCUT2D eigenvalue weighted by atomic mass is 9.95. The Morgan fingerprint density at radius 3 is 2.71 bits per heavy atom. The zero-order valence-electron chi connectivity index (χ0n) is 10.2. The van der Waals surface area contributed by atoms with Gasteiger partial charge in [0.2, 0.25) is 0 Å². The minimum atomic E-state index is -0.351. The van der Waals surface area contributed by atoms with Crippen LogP contribution < -0.4 is 0 Å². The second-order valence-electron chi connectivity index (χ2n) is 4.57. The molecule has 2 rings (SSSR count). The molecular formula is C15H17FO. The Balaban J connectivity index is 2.53. The highest BCUT2D eigenvalue weighted by atomic mass is 19.1. The fraction of sp³-hybridized carbons (Fsp3) is 0.333. The molecular weight excluding hydrogens is 215 g/mol. The van der Waals surface area contributed by atoms with Crippen LogP contribution in [0.4, 0.5) is 4.39 Å². The van der Waals surface area contributed by atoms with Crippen LogP contribution in [0.1, 0.15) is 24.5 Å². The summed E-state index contributed by atoms with van der Waals surface area (Å²) in [5.74, 6) is -0.163. The molecule has 0 fully saturated rings. The molecule has 0 bridgehead atoms. The smallest absolute Gasteiger partial charge is 0.127 e. The fourth-order valence-electron chi connectivity index (χ4n) is 2.16. The Morgan fingerprint density at radius 1 is 1.29 bits per heavy atom. The Morgan fingerprint density at radius 2 is 2.00 bits per heavy atom. The average Bonchev–Trinajstić information content (AvgIpc) is 2.29. The summed E-state index contributed by atoms with van der Waals surface area (Å²) in [5.41, 5.74) is 1.71. The number of halogens is 1. The molecule has 2 aromatic carbocycles. The minimum Gasteiger partial charge on any atom is -0.393 e. The molecule has 0 aliphatic heterocycles.